The Bertz CT molecular complexity index is 1630. The van der Waals surface area contributed by atoms with E-state index in [1.54, 1.807) is 0 Å². The summed E-state index contributed by atoms with van der Waals surface area (Å²) in [7, 11) is 0. The molecule has 0 aliphatic rings. The van der Waals surface area contributed by atoms with Gasteiger partial charge in [0, 0.05) is 11.3 Å². The van der Waals surface area contributed by atoms with Crippen LogP contribution in [-0.4, -0.2) is 9.97 Å². The molecule has 1 heterocycles. The van der Waals surface area contributed by atoms with Crippen molar-refractivity contribution in [1.82, 2.24) is 9.97 Å². The van der Waals surface area contributed by atoms with Crippen molar-refractivity contribution in [3.63, 3.8) is 0 Å². The van der Waals surface area contributed by atoms with Crippen LogP contribution in [0.15, 0.2) is 109 Å². The first-order valence-corrected chi connectivity index (χ1v) is 11.6. The zero-order chi connectivity index (χ0) is 23.1. The van der Waals surface area contributed by atoms with Gasteiger partial charge >= 0.3 is 0 Å². The third-order valence-electron chi connectivity index (χ3n) is 6.41. The van der Waals surface area contributed by atoms with E-state index in [9.17, 15) is 0 Å². The van der Waals surface area contributed by atoms with Crippen molar-refractivity contribution in [3.8, 4) is 33.5 Å². The number of hydrogen-bond donors (Lipinski definition) is 0. The van der Waals surface area contributed by atoms with E-state index in [1.807, 2.05) is 13.8 Å². The van der Waals surface area contributed by atoms with Gasteiger partial charge in [-0.25, -0.2) is 9.97 Å². The summed E-state index contributed by atoms with van der Waals surface area (Å²) in [6.07, 6.45) is 0. The van der Waals surface area contributed by atoms with E-state index >= 15 is 0 Å². The highest BCUT2D eigenvalue weighted by molar-refractivity contribution is 6.21. The second kappa shape index (κ2) is 8.24. The molecule has 0 N–H and O–H groups in total. The first kappa shape index (κ1) is 20.3. The Balaban J connectivity index is 1.78. The van der Waals surface area contributed by atoms with Crippen molar-refractivity contribution in [1.29, 1.82) is 0 Å². The normalized spacial score (nSPS) is 11.2. The largest absolute Gasteiger partial charge is 0.239 e. The predicted octanol–water partition coefficient (Wildman–Crippen LogP) is 8.40. The Hall–Kier alpha value is -4.30. The molecule has 0 amide bonds. The first-order chi connectivity index (χ1) is 16.7. The number of rotatable bonds is 3. The van der Waals surface area contributed by atoms with Gasteiger partial charge in [0.1, 0.15) is 5.82 Å². The Kier molecular flexibility index (Phi) is 4.92. The molecule has 0 bridgehead atoms. The second-order valence-electron chi connectivity index (χ2n) is 8.73. The Morgan fingerprint density at radius 1 is 0.441 bits per heavy atom. The van der Waals surface area contributed by atoms with Crippen LogP contribution in [0.2, 0.25) is 0 Å². The molecular formula is C32H24N2. The molecule has 1 aromatic heterocycles. The average molecular weight is 437 g/mol. The number of aromatic nitrogens is 2. The summed E-state index contributed by atoms with van der Waals surface area (Å²) < 4.78 is 0. The average Bonchev–Trinajstić information content (AvgIpc) is 2.87. The highest BCUT2D eigenvalue weighted by atomic mass is 14.9. The fourth-order valence-corrected chi connectivity index (χ4v) is 5.03. The van der Waals surface area contributed by atoms with Gasteiger partial charge in [-0.2, -0.15) is 0 Å². The smallest absolute Gasteiger partial charge is 0.126 e. The van der Waals surface area contributed by atoms with E-state index in [-0.39, 0.29) is 0 Å². The molecule has 0 radical (unpaired) electrons. The van der Waals surface area contributed by atoms with E-state index in [2.05, 4.69) is 114 Å². The van der Waals surface area contributed by atoms with Crippen LogP contribution in [0.25, 0.3) is 55.1 Å². The van der Waals surface area contributed by atoms with E-state index < -0.39 is 0 Å². The standard InChI is InChI=1S/C32H24N2/c1-21-19-30(34-22(2)33-21)25-17-18-28-29(20-25)32(24-13-7-4-8-14-24)27-16-10-9-15-26(27)31(28)23-11-5-3-6-12-23/h3-20H,1-2H3. The van der Waals surface area contributed by atoms with Crippen molar-refractivity contribution >= 4 is 21.5 Å². The molecule has 6 aromatic rings. The molecule has 0 fully saturated rings. The van der Waals surface area contributed by atoms with E-state index in [4.69, 9.17) is 4.98 Å². The van der Waals surface area contributed by atoms with Crippen molar-refractivity contribution in [3.05, 3.63) is 121 Å². The zero-order valence-electron chi connectivity index (χ0n) is 19.3. The Labute approximate surface area is 199 Å². The molecule has 162 valence electrons. The van der Waals surface area contributed by atoms with Crippen molar-refractivity contribution in [2.24, 2.45) is 0 Å². The molecular weight excluding hydrogens is 412 g/mol. The van der Waals surface area contributed by atoms with E-state index in [0.717, 1.165) is 22.8 Å². The summed E-state index contributed by atoms with van der Waals surface area (Å²) in [6.45, 7) is 3.98. The summed E-state index contributed by atoms with van der Waals surface area (Å²) >= 11 is 0. The number of hydrogen-bond acceptors (Lipinski definition) is 2. The second-order valence-corrected chi connectivity index (χ2v) is 8.73. The minimum absolute atomic E-state index is 0.793. The summed E-state index contributed by atoms with van der Waals surface area (Å²) in [5, 5.41) is 5.00. The number of aryl methyl sites for hydroxylation is 2. The summed E-state index contributed by atoms with van der Waals surface area (Å²) in [5.74, 6) is 0.793. The maximum Gasteiger partial charge on any atom is 0.126 e. The molecule has 34 heavy (non-hydrogen) atoms. The maximum atomic E-state index is 4.75. The van der Waals surface area contributed by atoms with Gasteiger partial charge in [0.2, 0.25) is 0 Å². The quantitative estimate of drug-likeness (QED) is 0.260. The molecule has 0 aliphatic heterocycles. The summed E-state index contributed by atoms with van der Waals surface area (Å²) in [6, 6.07) is 39.0. The van der Waals surface area contributed by atoms with Crippen LogP contribution >= 0.6 is 0 Å². The van der Waals surface area contributed by atoms with E-state index in [0.29, 0.717) is 0 Å². The molecule has 2 nitrogen and oxygen atoms in total. The monoisotopic (exact) mass is 436 g/mol. The van der Waals surface area contributed by atoms with Crippen LogP contribution in [0.4, 0.5) is 0 Å². The predicted molar refractivity (Wildman–Crippen MR) is 143 cm³/mol. The number of benzene rings is 5. The Morgan fingerprint density at radius 2 is 0.971 bits per heavy atom. The SMILES string of the molecule is Cc1cc(-c2ccc3c(-c4ccccc4)c4ccccc4c(-c4ccccc4)c3c2)nc(C)n1. The van der Waals surface area contributed by atoms with Crippen LogP contribution in [0, 0.1) is 13.8 Å². The van der Waals surface area contributed by atoms with Gasteiger partial charge in [0.05, 0.1) is 5.69 Å². The zero-order valence-corrected chi connectivity index (χ0v) is 19.3. The number of nitrogens with zero attached hydrogens (tertiary/aromatic N) is 2. The molecule has 5 aromatic carbocycles. The molecule has 2 heteroatoms. The fourth-order valence-electron chi connectivity index (χ4n) is 5.03. The molecule has 6 rings (SSSR count). The lowest BCUT2D eigenvalue weighted by Gasteiger charge is -2.18. The Morgan fingerprint density at radius 3 is 1.56 bits per heavy atom. The maximum absolute atomic E-state index is 4.75. The summed E-state index contributed by atoms with van der Waals surface area (Å²) in [5.41, 5.74) is 8.02. The van der Waals surface area contributed by atoms with E-state index in [1.165, 1.54) is 43.8 Å². The molecule has 0 aliphatic carbocycles. The van der Waals surface area contributed by atoms with Crippen molar-refractivity contribution < 1.29 is 0 Å². The van der Waals surface area contributed by atoms with Crippen LogP contribution in [0.5, 0.6) is 0 Å². The first-order valence-electron chi connectivity index (χ1n) is 11.6. The minimum Gasteiger partial charge on any atom is -0.239 e. The highest BCUT2D eigenvalue weighted by Gasteiger charge is 2.17. The molecule has 0 spiro atoms. The third-order valence-corrected chi connectivity index (χ3v) is 6.41. The van der Waals surface area contributed by atoms with Crippen molar-refractivity contribution in [2.75, 3.05) is 0 Å². The van der Waals surface area contributed by atoms with Gasteiger partial charge in [0.25, 0.3) is 0 Å². The lowest BCUT2D eigenvalue weighted by molar-refractivity contribution is 1.02. The molecule has 0 saturated heterocycles. The molecule has 0 atom stereocenters. The molecule has 0 saturated carbocycles. The highest BCUT2D eigenvalue weighted by Crippen LogP contribution is 2.44. The van der Waals surface area contributed by atoms with Crippen LogP contribution in [-0.2, 0) is 0 Å². The van der Waals surface area contributed by atoms with Gasteiger partial charge in [0.15, 0.2) is 0 Å². The van der Waals surface area contributed by atoms with Crippen LogP contribution in [0.3, 0.4) is 0 Å². The topological polar surface area (TPSA) is 25.8 Å². The fraction of sp³-hybridized carbons (Fsp3) is 0.0625. The van der Waals surface area contributed by atoms with Crippen molar-refractivity contribution in [2.45, 2.75) is 13.8 Å². The minimum atomic E-state index is 0.793. The number of fused-ring (bicyclic) bond motifs is 2. The lowest BCUT2D eigenvalue weighted by Crippen LogP contribution is -1.95. The third kappa shape index (κ3) is 3.45. The van der Waals surface area contributed by atoms with Gasteiger partial charge in [-0.15, -0.1) is 0 Å². The summed E-state index contributed by atoms with van der Waals surface area (Å²) in [4.78, 5) is 9.22. The van der Waals surface area contributed by atoms with Crippen LogP contribution in [0.1, 0.15) is 11.5 Å². The van der Waals surface area contributed by atoms with Gasteiger partial charge in [-0.05, 0) is 69.8 Å². The van der Waals surface area contributed by atoms with Crippen LogP contribution < -0.4 is 0 Å². The molecule has 0 unspecified atom stereocenters. The van der Waals surface area contributed by atoms with Gasteiger partial charge in [-0.1, -0.05) is 97.1 Å². The van der Waals surface area contributed by atoms with Gasteiger partial charge in [-0.3, -0.25) is 0 Å². The lowest BCUT2D eigenvalue weighted by atomic mass is 9.85. The van der Waals surface area contributed by atoms with Gasteiger partial charge < -0.3 is 0 Å².